The molecule has 0 bridgehead atoms. The Morgan fingerprint density at radius 2 is 1.64 bits per heavy atom. The van der Waals surface area contributed by atoms with Crippen LogP contribution in [0.3, 0.4) is 0 Å². The molecule has 0 aromatic rings. The molecule has 2 aliphatic carbocycles. The van der Waals surface area contributed by atoms with Gasteiger partial charge in [-0.25, -0.2) is 0 Å². The quantitative estimate of drug-likeness (QED) is 0.769. The van der Waals surface area contributed by atoms with Crippen LogP contribution >= 0.6 is 23.5 Å². The maximum Gasteiger partial charge on any atom is 0.0741 e. The van der Waals surface area contributed by atoms with E-state index in [0.29, 0.717) is 35.4 Å². The molecule has 2 saturated carbocycles. The molecule has 2 fully saturated rings. The monoisotopic (exact) mass is 340 g/mol. The number of nitrogens with zero attached hydrogens (tertiary/aromatic N) is 2. The van der Waals surface area contributed by atoms with Crippen molar-refractivity contribution in [3.05, 3.63) is 0 Å². The predicted octanol–water partition coefficient (Wildman–Crippen LogP) is 2.33. The summed E-state index contributed by atoms with van der Waals surface area (Å²) in [6.45, 7) is 4.13. The molecule has 0 saturated heterocycles. The van der Waals surface area contributed by atoms with Crippen LogP contribution in [-0.2, 0) is 0 Å². The molecule has 6 heteroatoms. The van der Waals surface area contributed by atoms with Gasteiger partial charge in [0.1, 0.15) is 0 Å². The molecule has 2 aliphatic heterocycles. The van der Waals surface area contributed by atoms with Crippen molar-refractivity contribution >= 4 is 33.6 Å². The zero-order valence-electron chi connectivity index (χ0n) is 13.1. The van der Waals surface area contributed by atoms with E-state index in [0.717, 1.165) is 11.5 Å². The average Bonchev–Trinajstić information content (AvgIpc) is 3.01. The molecule has 8 atom stereocenters. The molecular weight excluding hydrogens is 316 g/mol. The molecule has 2 N–H and O–H groups in total. The number of hydrogen-bond donors (Lipinski definition) is 2. The maximum atomic E-state index is 10.4. The number of aliphatic hydroxyl groups excluding tert-OH is 2. The summed E-state index contributed by atoms with van der Waals surface area (Å²) in [5.41, 5.74) is 0. The molecule has 0 aromatic carbocycles. The van der Waals surface area contributed by atoms with E-state index in [9.17, 15) is 10.2 Å². The first-order valence-corrected chi connectivity index (χ1v) is 10.1. The molecule has 2 heterocycles. The van der Waals surface area contributed by atoms with E-state index < -0.39 is 0 Å². The first kappa shape index (κ1) is 15.5. The van der Waals surface area contributed by atoms with Crippen molar-refractivity contribution < 1.29 is 10.2 Å². The van der Waals surface area contributed by atoms with E-state index in [2.05, 4.69) is 6.92 Å². The Morgan fingerprint density at radius 3 is 2.45 bits per heavy atom. The Hall–Kier alpha value is -0.0400. The lowest BCUT2D eigenvalue weighted by molar-refractivity contribution is -0.00485. The minimum atomic E-state index is -0.348. The summed E-state index contributed by atoms with van der Waals surface area (Å²) in [6, 6.07) is 0.803. The van der Waals surface area contributed by atoms with Crippen molar-refractivity contribution in [3.8, 4) is 0 Å². The van der Waals surface area contributed by atoms with Crippen molar-refractivity contribution in [2.75, 3.05) is 0 Å². The average molecular weight is 341 g/mol. The molecule has 4 aliphatic rings. The highest BCUT2D eigenvalue weighted by Gasteiger charge is 2.46. The first-order valence-electron chi connectivity index (χ1n) is 8.33. The van der Waals surface area contributed by atoms with E-state index in [4.69, 9.17) is 9.98 Å². The van der Waals surface area contributed by atoms with Gasteiger partial charge in [-0.15, -0.1) is 23.5 Å². The van der Waals surface area contributed by atoms with Gasteiger partial charge in [0.25, 0.3) is 0 Å². The highest BCUT2D eigenvalue weighted by molar-refractivity contribution is 8.15. The normalized spacial score (nSPS) is 51.1. The van der Waals surface area contributed by atoms with Crippen molar-refractivity contribution in [3.63, 3.8) is 0 Å². The second-order valence-corrected chi connectivity index (χ2v) is 9.92. The Bertz CT molecular complexity index is 524. The van der Waals surface area contributed by atoms with Crippen molar-refractivity contribution in [1.29, 1.82) is 0 Å². The van der Waals surface area contributed by atoms with Crippen LogP contribution < -0.4 is 0 Å². The Morgan fingerprint density at radius 1 is 0.909 bits per heavy atom. The molecule has 0 aromatic heterocycles. The Labute approximate surface area is 140 Å². The smallest absolute Gasteiger partial charge is 0.0741 e. The molecule has 4 rings (SSSR count). The van der Waals surface area contributed by atoms with E-state index in [1.54, 1.807) is 0 Å². The zero-order valence-corrected chi connectivity index (χ0v) is 14.7. The van der Waals surface area contributed by atoms with Crippen LogP contribution in [0.1, 0.15) is 39.5 Å². The third kappa shape index (κ3) is 2.66. The van der Waals surface area contributed by atoms with Gasteiger partial charge in [-0.05, 0) is 38.5 Å². The summed E-state index contributed by atoms with van der Waals surface area (Å²) in [7, 11) is 0. The molecule has 4 nitrogen and oxygen atoms in total. The number of aliphatic hydroxyl groups is 2. The SMILES string of the molecule is CC1=NC2CC3N=C(C4CC(O)C(C)CC4O)SC3CC2S1. The molecule has 22 heavy (non-hydrogen) atoms. The fourth-order valence-corrected chi connectivity index (χ4v) is 7.21. The second kappa shape index (κ2) is 5.80. The van der Waals surface area contributed by atoms with Gasteiger partial charge in [0, 0.05) is 16.4 Å². The maximum absolute atomic E-state index is 10.4. The van der Waals surface area contributed by atoms with Crippen LogP contribution in [0.25, 0.3) is 0 Å². The summed E-state index contributed by atoms with van der Waals surface area (Å²) < 4.78 is 0. The predicted molar refractivity (Wildman–Crippen MR) is 94.0 cm³/mol. The molecule has 0 spiro atoms. The largest absolute Gasteiger partial charge is 0.393 e. The molecule has 8 unspecified atom stereocenters. The van der Waals surface area contributed by atoms with Gasteiger partial charge >= 0.3 is 0 Å². The summed E-state index contributed by atoms with van der Waals surface area (Å²) in [5, 5.41) is 24.1. The number of rotatable bonds is 1. The lowest BCUT2D eigenvalue weighted by Crippen LogP contribution is -2.40. The van der Waals surface area contributed by atoms with Crippen LogP contribution in [0.2, 0.25) is 0 Å². The standard InChI is InChI=1S/C16H24N2O2S2/c1-7-3-13(20)9(4-12(7)19)16-18-11-5-10-14(6-15(11)22-16)21-8(2)17-10/h7,9-15,19-20H,3-6H2,1-2H3. The summed E-state index contributed by atoms with van der Waals surface area (Å²) in [5.74, 6) is 0.230. The van der Waals surface area contributed by atoms with Gasteiger partial charge in [-0.2, -0.15) is 0 Å². The summed E-state index contributed by atoms with van der Waals surface area (Å²) in [4.78, 5) is 9.72. The third-order valence-electron chi connectivity index (χ3n) is 5.59. The van der Waals surface area contributed by atoms with Crippen molar-refractivity contribution in [2.45, 2.75) is 74.3 Å². The number of hydrogen-bond acceptors (Lipinski definition) is 6. The van der Waals surface area contributed by atoms with E-state index >= 15 is 0 Å². The third-order valence-corrected chi connectivity index (χ3v) is 8.30. The number of fused-ring (bicyclic) bond motifs is 2. The zero-order chi connectivity index (χ0) is 15.4. The van der Waals surface area contributed by atoms with Crippen LogP contribution in [0.5, 0.6) is 0 Å². The highest BCUT2D eigenvalue weighted by Crippen LogP contribution is 2.47. The van der Waals surface area contributed by atoms with Crippen molar-refractivity contribution in [1.82, 2.24) is 0 Å². The fourth-order valence-electron chi connectivity index (χ4n) is 4.25. The molecular formula is C16H24N2O2S2. The minimum Gasteiger partial charge on any atom is -0.393 e. The topological polar surface area (TPSA) is 65.2 Å². The minimum absolute atomic E-state index is 0.0412. The summed E-state index contributed by atoms with van der Waals surface area (Å²) >= 11 is 3.81. The van der Waals surface area contributed by atoms with Gasteiger partial charge < -0.3 is 10.2 Å². The molecule has 0 amide bonds. The Kier molecular flexibility index (Phi) is 4.08. The Balaban J connectivity index is 1.48. The number of thioether (sulfide) groups is 2. The van der Waals surface area contributed by atoms with Crippen LogP contribution in [-0.4, -0.2) is 55.1 Å². The van der Waals surface area contributed by atoms with E-state index in [1.807, 2.05) is 30.4 Å². The van der Waals surface area contributed by atoms with Crippen LogP contribution in [0, 0.1) is 11.8 Å². The second-order valence-electron chi connectivity index (χ2n) is 7.22. The van der Waals surface area contributed by atoms with Gasteiger partial charge in [0.15, 0.2) is 0 Å². The van der Waals surface area contributed by atoms with Gasteiger partial charge in [-0.1, -0.05) is 6.92 Å². The van der Waals surface area contributed by atoms with Crippen LogP contribution in [0.15, 0.2) is 9.98 Å². The van der Waals surface area contributed by atoms with Gasteiger partial charge in [0.05, 0.1) is 34.4 Å². The molecule has 122 valence electrons. The summed E-state index contributed by atoms with van der Waals surface area (Å²) in [6.07, 6.45) is 2.91. The van der Waals surface area contributed by atoms with Crippen molar-refractivity contribution in [2.24, 2.45) is 21.8 Å². The van der Waals surface area contributed by atoms with Crippen LogP contribution in [0.4, 0.5) is 0 Å². The van der Waals surface area contributed by atoms with Gasteiger partial charge in [-0.3, -0.25) is 9.98 Å². The number of aliphatic imine (C=N–C) groups is 2. The van der Waals surface area contributed by atoms with Gasteiger partial charge in [0.2, 0.25) is 0 Å². The lowest BCUT2D eigenvalue weighted by atomic mass is 9.79. The highest BCUT2D eigenvalue weighted by atomic mass is 32.2. The molecule has 0 radical (unpaired) electrons. The fraction of sp³-hybridized carbons (Fsp3) is 0.875. The first-order chi connectivity index (χ1) is 10.5. The van der Waals surface area contributed by atoms with E-state index in [-0.39, 0.29) is 24.0 Å². The lowest BCUT2D eigenvalue weighted by Gasteiger charge is -2.35. The van der Waals surface area contributed by atoms with E-state index in [1.165, 1.54) is 11.5 Å².